The molecule has 0 heterocycles. The third-order valence-electron chi connectivity index (χ3n) is 3.90. The minimum absolute atomic E-state index is 0.0233. The summed E-state index contributed by atoms with van der Waals surface area (Å²) in [6.45, 7) is 1.96. The van der Waals surface area contributed by atoms with Crippen LogP contribution in [0.25, 0.3) is 0 Å². The number of aromatic carboxylic acids is 1. The zero-order valence-electron chi connectivity index (χ0n) is 14.4. The van der Waals surface area contributed by atoms with Crippen LogP contribution in [0.2, 0.25) is 0 Å². The van der Waals surface area contributed by atoms with Crippen molar-refractivity contribution >= 4 is 17.6 Å². The first-order chi connectivity index (χ1) is 11.9. The van der Waals surface area contributed by atoms with Gasteiger partial charge in [-0.25, -0.2) is 4.79 Å². The van der Waals surface area contributed by atoms with Gasteiger partial charge in [0.05, 0.1) is 25.5 Å². The highest BCUT2D eigenvalue weighted by molar-refractivity contribution is 5.94. The van der Waals surface area contributed by atoms with Crippen molar-refractivity contribution in [1.82, 2.24) is 0 Å². The van der Waals surface area contributed by atoms with Gasteiger partial charge in [0.15, 0.2) is 0 Å². The van der Waals surface area contributed by atoms with Crippen LogP contribution >= 0.6 is 0 Å². The smallest absolute Gasteiger partial charge is 0.335 e. The lowest BCUT2D eigenvalue weighted by Crippen LogP contribution is -2.15. The Morgan fingerprint density at radius 2 is 1.76 bits per heavy atom. The van der Waals surface area contributed by atoms with Crippen molar-refractivity contribution in [1.29, 1.82) is 0 Å². The van der Waals surface area contributed by atoms with Crippen molar-refractivity contribution in [3.05, 3.63) is 53.6 Å². The molecular weight excluding hydrogens is 322 g/mol. The molecule has 0 bridgehead atoms. The maximum Gasteiger partial charge on any atom is 0.335 e. The van der Waals surface area contributed by atoms with Crippen LogP contribution in [0.5, 0.6) is 11.5 Å². The van der Waals surface area contributed by atoms with Crippen LogP contribution in [0.4, 0.5) is 5.69 Å². The summed E-state index contributed by atoms with van der Waals surface area (Å²) in [5.41, 5.74) is 1.57. The van der Waals surface area contributed by atoms with Crippen LogP contribution < -0.4 is 14.8 Å². The van der Waals surface area contributed by atoms with Crippen molar-refractivity contribution in [2.75, 3.05) is 19.5 Å². The fourth-order valence-electron chi connectivity index (χ4n) is 2.46. The molecule has 2 N–H and O–H groups in total. The van der Waals surface area contributed by atoms with Gasteiger partial charge in [-0.05, 0) is 41.8 Å². The Morgan fingerprint density at radius 1 is 1.08 bits per heavy atom. The number of benzene rings is 2. The molecule has 0 fully saturated rings. The summed E-state index contributed by atoms with van der Waals surface area (Å²) >= 11 is 0. The fourth-order valence-corrected chi connectivity index (χ4v) is 2.46. The quantitative estimate of drug-likeness (QED) is 0.803. The highest BCUT2D eigenvalue weighted by Gasteiger charge is 2.15. The zero-order chi connectivity index (χ0) is 18.4. The van der Waals surface area contributed by atoms with Crippen molar-refractivity contribution in [3.8, 4) is 11.5 Å². The van der Waals surface area contributed by atoms with E-state index in [1.54, 1.807) is 7.11 Å². The van der Waals surface area contributed by atoms with Crippen LogP contribution in [-0.4, -0.2) is 31.2 Å². The first-order valence-electron chi connectivity index (χ1n) is 7.79. The van der Waals surface area contributed by atoms with Crippen LogP contribution in [0.3, 0.4) is 0 Å². The molecule has 1 atom stereocenters. The van der Waals surface area contributed by atoms with Gasteiger partial charge in [0.1, 0.15) is 11.5 Å². The maximum absolute atomic E-state index is 12.3. The Bertz CT molecular complexity index is 755. The molecule has 1 amide bonds. The summed E-state index contributed by atoms with van der Waals surface area (Å²) in [4.78, 5) is 23.3. The molecule has 2 aromatic carbocycles. The molecule has 1 unspecified atom stereocenters. The number of ether oxygens (including phenoxy) is 2. The van der Waals surface area contributed by atoms with Gasteiger partial charge in [0.2, 0.25) is 5.91 Å². The third kappa shape index (κ3) is 4.73. The van der Waals surface area contributed by atoms with E-state index in [1.165, 1.54) is 25.3 Å². The van der Waals surface area contributed by atoms with Gasteiger partial charge >= 0.3 is 5.97 Å². The third-order valence-corrected chi connectivity index (χ3v) is 3.90. The van der Waals surface area contributed by atoms with Crippen LogP contribution in [0, 0.1) is 0 Å². The first kappa shape index (κ1) is 18.3. The topological polar surface area (TPSA) is 84.9 Å². The second-order valence-corrected chi connectivity index (χ2v) is 5.65. The van der Waals surface area contributed by atoms with E-state index < -0.39 is 5.97 Å². The van der Waals surface area contributed by atoms with Gasteiger partial charge in [0, 0.05) is 6.42 Å². The molecule has 0 aliphatic carbocycles. The molecule has 2 aromatic rings. The number of anilines is 1. The summed E-state index contributed by atoms with van der Waals surface area (Å²) in [5.74, 6) is -0.127. The van der Waals surface area contributed by atoms with E-state index in [1.807, 2.05) is 31.2 Å². The molecular formula is C19H21NO5. The van der Waals surface area contributed by atoms with E-state index in [2.05, 4.69) is 5.32 Å². The van der Waals surface area contributed by atoms with Gasteiger partial charge in [-0.2, -0.15) is 0 Å². The van der Waals surface area contributed by atoms with Crippen LogP contribution in [0.1, 0.15) is 35.2 Å². The highest BCUT2D eigenvalue weighted by Crippen LogP contribution is 2.27. The second-order valence-electron chi connectivity index (χ2n) is 5.65. The summed E-state index contributed by atoms with van der Waals surface area (Å²) in [7, 11) is 3.03. The zero-order valence-corrected chi connectivity index (χ0v) is 14.4. The highest BCUT2D eigenvalue weighted by atomic mass is 16.5. The number of hydrogen-bond donors (Lipinski definition) is 2. The Hall–Kier alpha value is -3.02. The first-order valence-corrected chi connectivity index (χ1v) is 7.79. The van der Waals surface area contributed by atoms with Crippen LogP contribution in [0.15, 0.2) is 42.5 Å². The number of hydrogen-bond acceptors (Lipinski definition) is 4. The van der Waals surface area contributed by atoms with Gasteiger partial charge in [0.25, 0.3) is 0 Å². The van der Waals surface area contributed by atoms with Crippen LogP contribution in [-0.2, 0) is 4.79 Å². The summed E-state index contributed by atoms with van der Waals surface area (Å²) < 4.78 is 10.3. The number of carbonyl (C=O) groups is 2. The molecule has 0 saturated carbocycles. The van der Waals surface area contributed by atoms with E-state index in [4.69, 9.17) is 14.6 Å². The van der Waals surface area contributed by atoms with E-state index in [0.717, 1.165) is 11.3 Å². The molecule has 6 heteroatoms. The maximum atomic E-state index is 12.3. The number of rotatable bonds is 7. The largest absolute Gasteiger partial charge is 0.497 e. The number of carboxylic acids is 1. The minimum atomic E-state index is -1.05. The Morgan fingerprint density at radius 3 is 2.32 bits per heavy atom. The molecule has 132 valence electrons. The Labute approximate surface area is 146 Å². The second kappa shape index (κ2) is 8.19. The lowest BCUT2D eigenvalue weighted by atomic mass is 9.97. The monoisotopic (exact) mass is 343 g/mol. The van der Waals surface area contributed by atoms with E-state index in [0.29, 0.717) is 11.4 Å². The van der Waals surface area contributed by atoms with Crippen molar-refractivity contribution in [2.45, 2.75) is 19.3 Å². The number of carboxylic acid groups (broad SMARTS) is 1. The van der Waals surface area contributed by atoms with Crippen molar-refractivity contribution < 1.29 is 24.2 Å². The van der Waals surface area contributed by atoms with Gasteiger partial charge in [-0.3, -0.25) is 4.79 Å². The van der Waals surface area contributed by atoms with Crippen molar-refractivity contribution in [3.63, 3.8) is 0 Å². The standard InChI is InChI=1S/C19H21NO5/c1-12(13-4-7-15(24-2)8-5-13)10-18(21)20-16-9-6-14(19(22)23)11-17(16)25-3/h4-9,11-12H,10H2,1-3H3,(H,20,21)(H,22,23). The average molecular weight is 343 g/mol. The molecule has 2 rings (SSSR count). The molecule has 0 aromatic heterocycles. The molecule has 0 saturated heterocycles. The molecule has 25 heavy (non-hydrogen) atoms. The van der Waals surface area contributed by atoms with E-state index in [-0.39, 0.29) is 23.8 Å². The minimum Gasteiger partial charge on any atom is -0.497 e. The summed E-state index contributed by atoms with van der Waals surface area (Å²) in [6.07, 6.45) is 0.288. The average Bonchev–Trinajstić information content (AvgIpc) is 2.61. The normalized spacial score (nSPS) is 11.5. The molecule has 0 aliphatic heterocycles. The van der Waals surface area contributed by atoms with Crippen molar-refractivity contribution in [2.24, 2.45) is 0 Å². The number of nitrogens with one attached hydrogen (secondary N) is 1. The number of amides is 1. The number of carbonyl (C=O) groups excluding carboxylic acids is 1. The molecule has 0 aliphatic rings. The van der Waals surface area contributed by atoms with E-state index >= 15 is 0 Å². The van der Waals surface area contributed by atoms with Gasteiger partial charge in [-0.1, -0.05) is 19.1 Å². The molecule has 0 spiro atoms. The molecule has 0 radical (unpaired) electrons. The molecule has 6 nitrogen and oxygen atoms in total. The summed E-state index contributed by atoms with van der Waals surface area (Å²) in [5, 5.41) is 11.8. The Kier molecular flexibility index (Phi) is 6.00. The Balaban J connectivity index is 2.05. The lowest BCUT2D eigenvalue weighted by molar-refractivity contribution is -0.116. The number of methoxy groups -OCH3 is 2. The SMILES string of the molecule is COc1ccc(C(C)CC(=O)Nc2ccc(C(=O)O)cc2OC)cc1. The predicted molar refractivity (Wildman–Crippen MR) is 94.6 cm³/mol. The van der Waals surface area contributed by atoms with Gasteiger partial charge < -0.3 is 19.9 Å². The summed E-state index contributed by atoms with van der Waals surface area (Å²) in [6, 6.07) is 11.9. The van der Waals surface area contributed by atoms with E-state index in [9.17, 15) is 9.59 Å². The van der Waals surface area contributed by atoms with Gasteiger partial charge in [-0.15, -0.1) is 0 Å². The fraction of sp³-hybridized carbons (Fsp3) is 0.263. The lowest BCUT2D eigenvalue weighted by Gasteiger charge is -2.14. The predicted octanol–water partition coefficient (Wildman–Crippen LogP) is 3.53.